The second-order valence-corrected chi connectivity index (χ2v) is 17.0. The minimum atomic E-state index is -0.316. The van der Waals surface area contributed by atoms with Crippen LogP contribution >= 0.6 is 0 Å². The van der Waals surface area contributed by atoms with Gasteiger partial charge in [-0.3, -0.25) is 0 Å². The Labute approximate surface area is 318 Å². The summed E-state index contributed by atoms with van der Waals surface area (Å²) in [5.74, 6) is 0. The molecule has 4 radical (unpaired) electrons. The van der Waals surface area contributed by atoms with Gasteiger partial charge in [0, 0.05) is 10.1 Å². The van der Waals surface area contributed by atoms with E-state index in [0.717, 1.165) is 6.42 Å². The highest BCUT2D eigenvalue weighted by Gasteiger charge is 2.39. The van der Waals surface area contributed by atoms with Gasteiger partial charge in [-0.1, -0.05) is 229 Å². The maximum Gasteiger partial charge on any atom is 0.105 e. The zero-order chi connectivity index (χ0) is 35.5. The fraction of sp³-hybridized carbons (Fsp3) is 0.0588. The molecule has 0 fully saturated rings. The van der Waals surface area contributed by atoms with Crippen LogP contribution < -0.4 is 10.4 Å². The first-order chi connectivity index (χ1) is 26.2. The van der Waals surface area contributed by atoms with Gasteiger partial charge in [0.1, 0.15) is 19.0 Å². The van der Waals surface area contributed by atoms with Gasteiger partial charge in [0.25, 0.3) is 0 Å². The molecule has 0 saturated heterocycles. The van der Waals surface area contributed by atoms with Crippen LogP contribution in [0.3, 0.4) is 0 Å². The van der Waals surface area contributed by atoms with Crippen LogP contribution in [0.2, 0.25) is 0 Å². The monoisotopic (exact) mass is 706 g/mol. The second-order valence-electron chi connectivity index (χ2n) is 13.9. The maximum atomic E-state index is 2.51. The third kappa shape index (κ3) is 6.04. The summed E-state index contributed by atoms with van der Waals surface area (Å²) in [4.78, 5) is 0. The topological polar surface area (TPSA) is 0 Å². The highest BCUT2D eigenvalue weighted by molar-refractivity contribution is 6.59. The molecule has 1 aliphatic rings. The van der Waals surface area contributed by atoms with Crippen molar-refractivity contribution < 1.29 is 0 Å². The first kappa shape index (κ1) is 33.1. The first-order valence-corrected chi connectivity index (χ1v) is 20.4. The Balaban J connectivity index is 1.16. The van der Waals surface area contributed by atoms with Crippen LogP contribution in [0.5, 0.6) is 0 Å². The van der Waals surface area contributed by atoms with Gasteiger partial charge >= 0.3 is 0 Å². The van der Waals surface area contributed by atoms with Crippen molar-refractivity contribution in [3.05, 3.63) is 263 Å². The summed E-state index contributed by atoms with van der Waals surface area (Å²) < 4.78 is 0. The van der Waals surface area contributed by atoms with Crippen molar-refractivity contribution in [3.8, 4) is 11.1 Å². The number of hydrogen-bond acceptors (Lipinski definition) is 0. The highest BCUT2D eigenvalue weighted by Crippen LogP contribution is 2.41. The quantitative estimate of drug-likeness (QED) is 0.0982. The van der Waals surface area contributed by atoms with Gasteiger partial charge in [-0.05, 0) is 62.1 Å². The molecule has 53 heavy (non-hydrogen) atoms. The van der Waals surface area contributed by atoms with E-state index in [1.165, 1.54) is 66.0 Å². The molecule has 0 heterocycles. The Hall–Kier alpha value is -5.81. The van der Waals surface area contributed by atoms with Crippen LogP contribution in [0, 0.1) is 0 Å². The van der Waals surface area contributed by atoms with Crippen LogP contribution in [-0.4, -0.2) is 19.0 Å². The molecule has 250 valence electrons. The van der Waals surface area contributed by atoms with E-state index in [1.807, 2.05) is 0 Å². The molecule has 0 amide bonds. The number of benzene rings is 8. The molecule has 0 atom stereocenters. The predicted molar refractivity (Wildman–Crippen MR) is 224 cm³/mol. The lowest BCUT2D eigenvalue weighted by molar-refractivity contribution is 0.869. The standard InChI is InChI=1S/C51H38Si2/c1-7-19-40(20-8-1)50(41-21-9-2-10-22-41,42-23-11-3-12-24-42)52-46-33-31-38-35-39-32-34-47(37-49(39)48(38)36-46)53-51(43-25-13-4-14-26-43,44-27-15-5-16-28-44)45-29-17-6-18-30-45/h1-34,36-37H,35H2. The Bertz CT molecular complexity index is 2080. The highest BCUT2D eigenvalue weighted by atomic mass is 28.2. The summed E-state index contributed by atoms with van der Waals surface area (Å²) in [5, 5.41) is 2.11. The van der Waals surface area contributed by atoms with Crippen molar-refractivity contribution in [2.45, 2.75) is 16.5 Å². The van der Waals surface area contributed by atoms with E-state index >= 15 is 0 Å². The fourth-order valence-electron chi connectivity index (χ4n) is 8.32. The van der Waals surface area contributed by atoms with Crippen molar-refractivity contribution in [1.82, 2.24) is 0 Å². The number of fused-ring (bicyclic) bond motifs is 3. The lowest BCUT2D eigenvalue weighted by Gasteiger charge is -2.36. The lowest BCUT2D eigenvalue weighted by Crippen LogP contribution is -2.42. The molecule has 8 aromatic rings. The summed E-state index contributed by atoms with van der Waals surface area (Å²) in [5.41, 5.74) is 13.5. The number of rotatable bonds is 10. The Morgan fingerprint density at radius 3 is 0.774 bits per heavy atom. The van der Waals surface area contributed by atoms with E-state index in [1.54, 1.807) is 0 Å². The largest absolute Gasteiger partial charge is 0.105 e. The van der Waals surface area contributed by atoms with E-state index in [0.29, 0.717) is 19.0 Å². The third-order valence-corrected chi connectivity index (χ3v) is 14.5. The molecular weight excluding hydrogens is 669 g/mol. The normalized spacial score (nSPS) is 12.2. The van der Waals surface area contributed by atoms with E-state index in [4.69, 9.17) is 0 Å². The molecule has 2 heteroatoms. The van der Waals surface area contributed by atoms with Crippen LogP contribution in [0.25, 0.3) is 11.1 Å². The van der Waals surface area contributed by atoms with Crippen molar-refractivity contribution in [2.24, 2.45) is 0 Å². The molecular formula is C51H38Si2. The summed E-state index contributed by atoms with van der Waals surface area (Å²) in [6.45, 7) is 0. The second kappa shape index (κ2) is 14.3. The summed E-state index contributed by atoms with van der Waals surface area (Å²) in [7, 11) is 0.985. The van der Waals surface area contributed by atoms with Gasteiger partial charge in [0.15, 0.2) is 0 Å². The van der Waals surface area contributed by atoms with Crippen molar-refractivity contribution >= 4 is 29.4 Å². The summed E-state index contributed by atoms with van der Waals surface area (Å²) >= 11 is 0. The molecule has 0 spiro atoms. The zero-order valence-electron chi connectivity index (χ0n) is 29.5. The van der Waals surface area contributed by atoms with Gasteiger partial charge < -0.3 is 0 Å². The Kier molecular flexibility index (Phi) is 8.93. The SMILES string of the molecule is c1ccc(C([Si]c2ccc3c(c2)-c2cc([Si]C(c4ccccc4)(c4ccccc4)c4ccccc4)ccc2C3)(c2ccccc2)c2ccccc2)cc1. The minimum Gasteiger partial charge on any atom is -0.0631 e. The van der Waals surface area contributed by atoms with Crippen molar-refractivity contribution in [2.75, 3.05) is 0 Å². The van der Waals surface area contributed by atoms with E-state index in [2.05, 4.69) is 218 Å². The Morgan fingerprint density at radius 1 is 0.283 bits per heavy atom. The van der Waals surface area contributed by atoms with E-state index in [9.17, 15) is 0 Å². The molecule has 0 aliphatic heterocycles. The average molecular weight is 707 g/mol. The van der Waals surface area contributed by atoms with Gasteiger partial charge in [0.05, 0.1) is 0 Å². The molecule has 0 bridgehead atoms. The molecule has 9 rings (SSSR count). The molecule has 8 aromatic carbocycles. The van der Waals surface area contributed by atoms with Crippen molar-refractivity contribution in [1.29, 1.82) is 0 Å². The van der Waals surface area contributed by atoms with E-state index in [-0.39, 0.29) is 10.1 Å². The fourth-order valence-corrected chi connectivity index (χ4v) is 11.8. The molecule has 0 saturated carbocycles. The predicted octanol–water partition coefficient (Wildman–Crippen LogP) is 9.90. The summed E-state index contributed by atoms with van der Waals surface area (Å²) in [6, 6.07) is 81.2. The zero-order valence-corrected chi connectivity index (χ0v) is 31.5. The van der Waals surface area contributed by atoms with Crippen LogP contribution in [0.1, 0.15) is 44.5 Å². The molecule has 0 unspecified atom stereocenters. The average Bonchev–Trinajstić information content (AvgIpc) is 3.61. The minimum absolute atomic E-state index is 0.316. The Morgan fingerprint density at radius 2 is 0.528 bits per heavy atom. The van der Waals surface area contributed by atoms with Gasteiger partial charge in [-0.15, -0.1) is 0 Å². The van der Waals surface area contributed by atoms with E-state index < -0.39 is 0 Å². The van der Waals surface area contributed by atoms with Gasteiger partial charge in [0.2, 0.25) is 0 Å². The van der Waals surface area contributed by atoms with Gasteiger partial charge in [-0.2, -0.15) is 0 Å². The van der Waals surface area contributed by atoms with Crippen LogP contribution in [-0.2, 0) is 16.5 Å². The van der Waals surface area contributed by atoms with Crippen molar-refractivity contribution in [3.63, 3.8) is 0 Å². The van der Waals surface area contributed by atoms with Crippen LogP contribution in [0.15, 0.2) is 218 Å². The molecule has 1 aliphatic carbocycles. The molecule has 0 aromatic heterocycles. The van der Waals surface area contributed by atoms with Crippen LogP contribution in [0.4, 0.5) is 0 Å². The first-order valence-electron chi connectivity index (χ1n) is 18.4. The number of hydrogen-bond donors (Lipinski definition) is 0. The molecule has 0 N–H and O–H groups in total. The summed E-state index contributed by atoms with van der Waals surface area (Å²) in [6.07, 6.45) is 0.972. The molecule has 0 nitrogen and oxygen atoms in total. The van der Waals surface area contributed by atoms with Gasteiger partial charge in [-0.25, -0.2) is 0 Å². The maximum absolute atomic E-state index is 2.51. The lowest BCUT2D eigenvalue weighted by atomic mass is 9.84. The smallest absolute Gasteiger partial charge is 0.0631 e. The third-order valence-electron chi connectivity index (χ3n) is 10.8.